The molecule has 0 aliphatic rings. The smallest absolute Gasteiger partial charge is 0.357 e. The van der Waals surface area contributed by atoms with Crippen molar-refractivity contribution in [3.63, 3.8) is 0 Å². The fourth-order valence-corrected chi connectivity index (χ4v) is 2.42. The lowest BCUT2D eigenvalue weighted by molar-refractivity contribution is -0.144. The summed E-state index contributed by atoms with van der Waals surface area (Å²) in [6.45, 7) is 1.97. The first kappa shape index (κ1) is 13.6. The Bertz CT molecular complexity index is 327. The first-order valence-corrected chi connectivity index (χ1v) is 6.80. The van der Waals surface area contributed by atoms with Crippen molar-refractivity contribution in [1.82, 2.24) is 9.36 Å². The van der Waals surface area contributed by atoms with Crippen LogP contribution in [-0.2, 0) is 6.18 Å². The molecule has 0 aromatic carbocycles. The van der Waals surface area contributed by atoms with E-state index in [9.17, 15) is 13.2 Å². The van der Waals surface area contributed by atoms with Crippen molar-refractivity contribution >= 4 is 28.4 Å². The number of nitrogens with one attached hydrogen (secondary N) is 1. The Morgan fingerprint density at radius 1 is 1.50 bits per heavy atom. The molecule has 0 saturated heterocycles. The second-order valence-electron chi connectivity index (χ2n) is 3.13. The van der Waals surface area contributed by atoms with Crippen molar-refractivity contribution in [1.29, 1.82) is 0 Å². The lowest BCUT2D eigenvalue weighted by atomic mass is 10.3. The van der Waals surface area contributed by atoms with E-state index < -0.39 is 12.0 Å². The van der Waals surface area contributed by atoms with Gasteiger partial charge in [0.15, 0.2) is 0 Å². The molecule has 1 heterocycles. The summed E-state index contributed by atoms with van der Waals surface area (Å²) in [7, 11) is 0. The van der Waals surface area contributed by atoms with E-state index in [1.54, 1.807) is 11.8 Å². The van der Waals surface area contributed by atoms with Gasteiger partial charge in [0.1, 0.15) is 0 Å². The molecular weight excluding hydrogens is 259 g/mol. The van der Waals surface area contributed by atoms with Crippen LogP contribution in [0.2, 0.25) is 0 Å². The van der Waals surface area contributed by atoms with Crippen LogP contribution in [0.4, 0.5) is 18.3 Å². The zero-order chi connectivity index (χ0) is 12.2. The molecule has 0 saturated carbocycles. The zero-order valence-electron chi connectivity index (χ0n) is 8.84. The largest absolute Gasteiger partial charge is 0.452 e. The minimum atomic E-state index is -4.46. The van der Waals surface area contributed by atoms with Gasteiger partial charge in [-0.15, -0.1) is 0 Å². The van der Waals surface area contributed by atoms with Gasteiger partial charge in [-0.1, -0.05) is 6.92 Å². The van der Waals surface area contributed by atoms with E-state index in [1.165, 1.54) is 0 Å². The molecule has 0 bridgehead atoms. The second kappa shape index (κ2) is 5.72. The van der Waals surface area contributed by atoms with Crippen LogP contribution < -0.4 is 5.32 Å². The molecule has 1 N–H and O–H groups in total. The number of rotatable bonds is 5. The normalized spacial score (nSPS) is 13.8. The molecule has 0 amide bonds. The van der Waals surface area contributed by atoms with Crippen LogP contribution in [0.25, 0.3) is 0 Å². The first-order chi connectivity index (χ1) is 7.47. The topological polar surface area (TPSA) is 37.8 Å². The summed E-state index contributed by atoms with van der Waals surface area (Å²) >= 11 is 2.38. The van der Waals surface area contributed by atoms with Crippen molar-refractivity contribution in [3.8, 4) is 0 Å². The number of hydrogen-bond acceptors (Lipinski definition) is 5. The van der Waals surface area contributed by atoms with Crippen LogP contribution >= 0.6 is 23.3 Å². The second-order valence-corrected chi connectivity index (χ2v) is 4.79. The van der Waals surface area contributed by atoms with Crippen molar-refractivity contribution in [2.24, 2.45) is 0 Å². The molecular formula is C8H12F3N3S2. The number of anilines is 1. The quantitative estimate of drug-likeness (QED) is 0.893. The van der Waals surface area contributed by atoms with Crippen LogP contribution in [0.1, 0.15) is 19.2 Å². The Kier molecular flexibility index (Phi) is 4.85. The summed E-state index contributed by atoms with van der Waals surface area (Å²) in [5.74, 6) is -0.240. The van der Waals surface area contributed by atoms with Gasteiger partial charge in [-0.05, 0) is 12.7 Å². The average Bonchev–Trinajstić information content (AvgIpc) is 2.65. The van der Waals surface area contributed by atoms with Crippen LogP contribution in [0, 0.1) is 0 Å². The number of nitrogens with zero attached hydrogens (tertiary/aromatic N) is 2. The predicted molar refractivity (Wildman–Crippen MR) is 61.0 cm³/mol. The fourth-order valence-electron chi connectivity index (χ4n) is 1.03. The highest BCUT2D eigenvalue weighted by molar-refractivity contribution is 7.98. The summed E-state index contributed by atoms with van der Waals surface area (Å²) < 4.78 is 39.9. The maximum absolute atomic E-state index is 12.2. The number of alkyl halides is 3. The summed E-state index contributed by atoms with van der Waals surface area (Å²) in [5, 5.41) is 3.18. The molecule has 0 fully saturated rings. The van der Waals surface area contributed by atoms with Crippen molar-refractivity contribution in [3.05, 3.63) is 5.82 Å². The number of hydrogen-bond donors (Lipinski definition) is 1. The molecule has 0 aliphatic carbocycles. The highest BCUT2D eigenvalue weighted by atomic mass is 32.2. The number of halogens is 3. The third-order valence-corrected chi connectivity index (χ3v) is 3.25. The third kappa shape index (κ3) is 3.82. The monoisotopic (exact) mass is 271 g/mol. The molecule has 1 atom stereocenters. The number of thioether (sulfide) groups is 1. The summed E-state index contributed by atoms with van der Waals surface area (Å²) in [5.41, 5.74) is 0. The lowest BCUT2D eigenvalue weighted by Crippen LogP contribution is -2.21. The van der Waals surface area contributed by atoms with E-state index in [0.717, 1.165) is 23.7 Å². The summed E-state index contributed by atoms with van der Waals surface area (Å²) in [4.78, 5) is 3.41. The van der Waals surface area contributed by atoms with Gasteiger partial charge in [0.25, 0.3) is 0 Å². The Hall–Kier alpha value is -0.500. The molecule has 1 unspecified atom stereocenters. The van der Waals surface area contributed by atoms with Crippen LogP contribution in [0.3, 0.4) is 0 Å². The maximum Gasteiger partial charge on any atom is 0.452 e. The SMILES string of the molecule is CCC(CSC)Nc1nc(C(F)(F)F)ns1. The van der Waals surface area contributed by atoms with E-state index >= 15 is 0 Å². The molecule has 0 radical (unpaired) electrons. The first-order valence-electron chi connectivity index (χ1n) is 4.63. The summed E-state index contributed by atoms with van der Waals surface area (Å²) in [6, 6.07) is 0.129. The van der Waals surface area contributed by atoms with Crippen LogP contribution in [0.5, 0.6) is 0 Å². The van der Waals surface area contributed by atoms with Crippen LogP contribution in [-0.4, -0.2) is 27.4 Å². The third-order valence-electron chi connectivity index (χ3n) is 1.87. The van der Waals surface area contributed by atoms with Crippen molar-refractivity contribution < 1.29 is 13.2 Å². The standard InChI is InChI=1S/C8H12F3N3S2/c1-3-5(4-15-2)12-7-13-6(14-16-7)8(9,10)11/h5H,3-4H2,1-2H3,(H,12,13,14). The van der Waals surface area contributed by atoms with E-state index in [1.807, 2.05) is 13.2 Å². The molecule has 16 heavy (non-hydrogen) atoms. The van der Waals surface area contributed by atoms with Gasteiger partial charge >= 0.3 is 6.18 Å². The Labute approximate surface area is 100 Å². The molecule has 0 aliphatic heterocycles. The summed E-state index contributed by atoms with van der Waals surface area (Å²) in [6.07, 6.45) is -1.68. The highest BCUT2D eigenvalue weighted by Crippen LogP contribution is 2.29. The Morgan fingerprint density at radius 3 is 2.62 bits per heavy atom. The Balaban J connectivity index is 2.64. The molecule has 1 rings (SSSR count). The Morgan fingerprint density at radius 2 is 2.19 bits per heavy atom. The highest BCUT2D eigenvalue weighted by Gasteiger charge is 2.36. The van der Waals surface area contributed by atoms with E-state index in [2.05, 4.69) is 14.7 Å². The van der Waals surface area contributed by atoms with Gasteiger partial charge in [0.2, 0.25) is 11.0 Å². The predicted octanol–water partition coefficient (Wildman–Crippen LogP) is 3.11. The molecule has 1 aromatic heterocycles. The van der Waals surface area contributed by atoms with Gasteiger partial charge in [-0.25, -0.2) is 0 Å². The van der Waals surface area contributed by atoms with Gasteiger partial charge in [0, 0.05) is 23.3 Å². The fraction of sp³-hybridized carbons (Fsp3) is 0.750. The van der Waals surface area contributed by atoms with Crippen molar-refractivity contribution in [2.45, 2.75) is 25.6 Å². The average molecular weight is 271 g/mol. The molecule has 3 nitrogen and oxygen atoms in total. The molecule has 92 valence electrons. The van der Waals surface area contributed by atoms with Gasteiger partial charge in [-0.2, -0.15) is 34.3 Å². The zero-order valence-corrected chi connectivity index (χ0v) is 10.5. The van der Waals surface area contributed by atoms with Crippen LogP contribution in [0.15, 0.2) is 0 Å². The number of aromatic nitrogens is 2. The minimum absolute atomic E-state index is 0.129. The van der Waals surface area contributed by atoms with Gasteiger partial charge in [-0.3, -0.25) is 0 Å². The lowest BCUT2D eigenvalue weighted by Gasteiger charge is -2.13. The van der Waals surface area contributed by atoms with Gasteiger partial charge < -0.3 is 5.32 Å². The van der Waals surface area contributed by atoms with Crippen molar-refractivity contribution in [2.75, 3.05) is 17.3 Å². The maximum atomic E-state index is 12.2. The van der Waals surface area contributed by atoms with E-state index in [-0.39, 0.29) is 11.2 Å². The van der Waals surface area contributed by atoms with E-state index in [0.29, 0.717) is 0 Å². The van der Waals surface area contributed by atoms with E-state index in [4.69, 9.17) is 0 Å². The molecule has 1 aromatic rings. The minimum Gasteiger partial charge on any atom is -0.357 e. The molecule has 8 heteroatoms. The molecule has 0 spiro atoms. The van der Waals surface area contributed by atoms with Gasteiger partial charge in [0.05, 0.1) is 0 Å².